The van der Waals surface area contributed by atoms with Crippen molar-refractivity contribution in [3.05, 3.63) is 0 Å². The number of hydrogen-bond donors (Lipinski definition) is 0. The largest absolute Gasteiger partial charge is 0.378 e. The van der Waals surface area contributed by atoms with Crippen LogP contribution < -0.4 is 0 Å². The van der Waals surface area contributed by atoms with Crippen LogP contribution >= 0.6 is 0 Å². The molecule has 0 N–H and O–H groups in total. The van der Waals surface area contributed by atoms with Crippen molar-refractivity contribution < 1.29 is 4.74 Å². The zero-order valence-electron chi connectivity index (χ0n) is 8.10. The van der Waals surface area contributed by atoms with Gasteiger partial charge >= 0.3 is 0 Å². The lowest BCUT2D eigenvalue weighted by Gasteiger charge is -2.05. The Morgan fingerprint density at radius 1 is 1.17 bits per heavy atom. The van der Waals surface area contributed by atoms with E-state index in [2.05, 4.69) is 13.8 Å². The van der Waals surface area contributed by atoms with Crippen LogP contribution in [0.3, 0.4) is 0 Å². The van der Waals surface area contributed by atoms with Crippen molar-refractivity contribution in [3.8, 4) is 0 Å². The summed E-state index contributed by atoms with van der Waals surface area (Å²) in [7, 11) is 0. The maximum Gasteiger partial charge on any atom is 0.0519 e. The summed E-state index contributed by atoms with van der Waals surface area (Å²) in [5.41, 5.74) is 1.67. The third kappa shape index (κ3) is 0.693. The highest BCUT2D eigenvalue weighted by atomic mass is 16.5. The van der Waals surface area contributed by atoms with Gasteiger partial charge in [0.2, 0.25) is 0 Å². The zero-order chi connectivity index (χ0) is 8.40. The molecule has 0 heterocycles. The summed E-state index contributed by atoms with van der Waals surface area (Å²) >= 11 is 0. The summed E-state index contributed by atoms with van der Waals surface area (Å²) in [6.07, 6.45) is 6.48. The molecule has 0 aromatic carbocycles. The summed E-state index contributed by atoms with van der Waals surface area (Å²) in [6.45, 7) is 5.33. The van der Waals surface area contributed by atoms with Crippen molar-refractivity contribution in [1.29, 1.82) is 0 Å². The van der Waals surface area contributed by atoms with Crippen LogP contribution in [-0.2, 0) is 4.74 Å². The molecule has 0 aromatic rings. The SMILES string of the molecule is CC(C)OCC1C2(CC2)C12CC2. The van der Waals surface area contributed by atoms with Gasteiger partial charge in [0.05, 0.1) is 12.7 Å². The van der Waals surface area contributed by atoms with Gasteiger partial charge in [-0.15, -0.1) is 0 Å². The quantitative estimate of drug-likeness (QED) is 0.626. The lowest BCUT2D eigenvalue weighted by molar-refractivity contribution is 0.0647. The van der Waals surface area contributed by atoms with Gasteiger partial charge in [0.25, 0.3) is 0 Å². The van der Waals surface area contributed by atoms with Crippen molar-refractivity contribution in [2.24, 2.45) is 16.7 Å². The van der Waals surface area contributed by atoms with Gasteiger partial charge in [-0.05, 0) is 56.3 Å². The predicted molar refractivity (Wildman–Crippen MR) is 47.9 cm³/mol. The highest BCUT2D eigenvalue weighted by Gasteiger charge is 2.86. The maximum atomic E-state index is 5.72. The van der Waals surface area contributed by atoms with Gasteiger partial charge in [-0.3, -0.25) is 0 Å². The number of fused-ring (bicyclic) bond motifs is 1. The van der Waals surface area contributed by atoms with Gasteiger partial charge in [-0.25, -0.2) is 0 Å². The highest BCUT2D eigenvalue weighted by molar-refractivity contribution is 5.34. The normalized spacial score (nSPS) is 37.8. The first-order chi connectivity index (χ1) is 5.71. The topological polar surface area (TPSA) is 9.23 Å². The van der Waals surface area contributed by atoms with Crippen LogP contribution in [0, 0.1) is 16.7 Å². The number of ether oxygens (including phenoxy) is 1. The van der Waals surface area contributed by atoms with Crippen LogP contribution in [0.15, 0.2) is 0 Å². The molecular formula is C11H18O. The average Bonchev–Trinajstić information content (AvgIpc) is 2.81. The second-order valence-corrected chi connectivity index (χ2v) is 5.25. The first kappa shape index (κ1) is 7.37. The Bertz CT molecular complexity index is 193. The van der Waals surface area contributed by atoms with E-state index in [-0.39, 0.29) is 0 Å². The molecular weight excluding hydrogens is 148 g/mol. The van der Waals surface area contributed by atoms with Crippen molar-refractivity contribution in [3.63, 3.8) is 0 Å². The van der Waals surface area contributed by atoms with Gasteiger partial charge < -0.3 is 4.74 Å². The van der Waals surface area contributed by atoms with Crippen molar-refractivity contribution in [1.82, 2.24) is 0 Å². The first-order valence-corrected chi connectivity index (χ1v) is 5.33. The minimum absolute atomic E-state index is 0.428. The number of hydrogen-bond acceptors (Lipinski definition) is 1. The Morgan fingerprint density at radius 3 is 2.00 bits per heavy atom. The third-order valence-corrected chi connectivity index (χ3v) is 4.42. The Hall–Kier alpha value is -0.0400. The molecule has 3 fully saturated rings. The average molecular weight is 166 g/mol. The van der Waals surface area contributed by atoms with E-state index < -0.39 is 0 Å². The molecule has 3 saturated carbocycles. The summed E-state index contributed by atoms with van der Waals surface area (Å²) in [6, 6.07) is 0. The van der Waals surface area contributed by atoms with Gasteiger partial charge in [0.1, 0.15) is 0 Å². The minimum Gasteiger partial charge on any atom is -0.378 e. The molecule has 3 aliphatic carbocycles. The zero-order valence-corrected chi connectivity index (χ0v) is 8.10. The summed E-state index contributed by atoms with van der Waals surface area (Å²) in [5, 5.41) is 0. The molecule has 0 amide bonds. The van der Waals surface area contributed by atoms with Gasteiger partial charge in [0, 0.05) is 0 Å². The van der Waals surface area contributed by atoms with Crippen LogP contribution in [-0.4, -0.2) is 12.7 Å². The van der Waals surface area contributed by atoms with E-state index in [9.17, 15) is 0 Å². The van der Waals surface area contributed by atoms with Crippen LogP contribution in [0.2, 0.25) is 0 Å². The predicted octanol–water partition coefficient (Wildman–Crippen LogP) is 2.60. The first-order valence-electron chi connectivity index (χ1n) is 5.33. The van der Waals surface area contributed by atoms with E-state index in [0.29, 0.717) is 6.10 Å². The molecule has 12 heavy (non-hydrogen) atoms. The molecule has 0 bridgehead atoms. The fraction of sp³-hybridized carbons (Fsp3) is 1.00. The molecule has 0 atom stereocenters. The highest BCUT2D eigenvalue weighted by Crippen LogP contribution is 2.92. The van der Waals surface area contributed by atoms with Crippen LogP contribution in [0.4, 0.5) is 0 Å². The second-order valence-electron chi connectivity index (χ2n) is 5.25. The van der Waals surface area contributed by atoms with Crippen LogP contribution in [0.1, 0.15) is 39.5 Å². The lowest BCUT2D eigenvalue weighted by Crippen LogP contribution is -2.06. The minimum atomic E-state index is 0.428. The van der Waals surface area contributed by atoms with E-state index in [1.54, 1.807) is 0 Å². The molecule has 0 unspecified atom stereocenters. The van der Waals surface area contributed by atoms with E-state index in [4.69, 9.17) is 4.74 Å². The standard InChI is InChI=1S/C11H18O/c1-8(2)12-7-9-10(3-4-10)11(9)5-6-11/h8-9H,3-7H2,1-2H3. The smallest absolute Gasteiger partial charge is 0.0519 e. The van der Waals surface area contributed by atoms with Gasteiger partial charge in [0.15, 0.2) is 0 Å². The molecule has 2 spiro atoms. The van der Waals surface area contributed by atoms with E-state index in [1.807, 2.05) is 0 Å². The van der Waals surface area contributed by atoms with Crippen LogP contribution in [0.5, 0.6) is 0 Å². The van der Waals surface area contributed by atoms with Gasteiger partial charge in [-0.2, -0.15) is 0 Å². The molecule has 0 saturated heterocycles. The summed E-state index contributed by atoms with van der Waals surface area (Å²) in [5.74, 6) is 0.965. The van der Waals surface area contributed by atoms with Crippen molar-refractivity contribution >= 4 is 0 Å². The molecule has 1 nitrogen and oxygen atoms in total. The fourth-order valence-electron chi connectivity index (χ4n) is 3.41. The van der Waals surface area contributed by atoms with Crippen molar-refractivity contribution in [2.75, 3.05) is 6.61 Å². The molecule has 0 aromatic heterocycles. The molecule has 3 rings (SSSR count). The Balaban J connectivity index is 1.59. The molecule has 0 radical (unpaired) electrons. The van der Waals surface area contributed by atoms with Crippen molar-refractivity contribution in [2.45, 2.75) is 45.6 Å². The lowest BCUT2D eigenvalue weighted by atomic mass is 10.3. The molecule has 3 aliphatic rings. The maximum absolute atomic E-state index is 5.72. The molecule has 1 heteroatoms. The van der Waals surface area contributed by atoms with E-state index in [0.717, 1.165) is 23.4 Å². The molecule has 0 aliphatic heterocycles. The summed E-state index contributed by atoms with van der Waals surface area (Å²) < 4.78 is 5.72. The van der Waals surface area contributed by atoms with E-state index in [1.165, 1.54) is 25.7 Å². The summed E-state index contributed by atoms with van der Waals surface area (Å²) in [4.78, 5) is 0. The number of rotatable bonds is 3. The monoisotopic (exact) mass is 166 g/mol. The Morgan fingerprint density at radius 2 is 1.67 bits per heavy atom. The second kappa shape index (κ2) is 1.89. The van der Waals surface area contributed by atoms with Gasteiger partial charge in [-0.1, -0.05) is 0 Å². The Labute approximate surface area is 74.5 Å². The van der Waals surface area contributed by atoms with E-state index >= 15 is 0 Å². The Kier molecular flexibility index (Phi) is 1.16. The van der Waals surface area contributed by atoms with Crippen LogP contribution in [0.25, 0.3) is 0 Å². The third-order valence-electron chi connectivity index (χ3n) is 4.42. The fourth-order valence-corrected chi connectivity index (χ4v) is 3.41. The molecule has 68 valence electrons.